The number of hydrogen-bond donors (Lipinski definition) is 2. The van der Waals surface area contributed by atoms with Gasteiger partial charge in [-0.05, 0) is 44.7 Å². The highest BCUT2D eigenvalue weighted by atomic mass is 16.1. The van der Waals surface area contributed by atoms with Gasteiger partial charge < -0.3 is 11.1 Å². The minimum atomic E-state index is -0.288. The number of carbonyl (C=O) groups is 1. The van der Waals surface area contributed by atoms with E-state index >= 15 is 0 Å². The second-order valence-corrected chi connectivity index (χ2v) is 5.87. The van der Waals surface area contributed by atoms with Gasteiger partial charge in [0.05, 0.1) is 6.04 Å². The van der Waals surface area contributed by atoms with Crippen LogP contribution in [0.2, 0.25) is 0 Å². The summed E-state index contributed by atoms with van der Waals surface area (Å²) in [5, 5.41) is 3.01. The second kappa shape index (κ2) is 6.71. The number of amides is 1. The van der Waals surface area contributed by atoms with Crippen LogP contribution in [-0.2, 0) is 11.2 Å². The van der Waals surface area contributed by atoms with Crippen LogP contribution in [0.25, 0.3) is 0 Å². The predicted octanol–water partition coefficient (Wildman–Crippen LogP) is 2.94. The summed E-state index contributed by atoms with van der Waals surface area (Å²) in [4.78, 5) is 11.8. The van der Waals surface area contributed by atoms with Crippen molar-refractivity contribution < 1.29 is 4.79 Å². The molecule has 106 valence electrons. The normalized spacial score (nSPS) is 13.1. The molecule has 19 heavy (non-hydrogen) atoms. The van der Waals surface area contributed by atoms with Crippen molar-refractivity contribution in [2.24, 2.45) is 5.73 Å². The fourth-order valence-corrected chi connectivity index (χ4v) is 1.87. The molecule has 1 aromatic rings. The van der Waals surface area contributed by atoms with Gasteiger partial charge >= 0.3 is 0 Å². The largest absolute Gasteiger partial charge is 0.350 e. The Balaban J connectivity index is 2.49. The summed E-state index contributed by atoms with van der Waals surface area (Å²) in [7, 11) is 0. The van der Waals surface area contributed by atoms with Crippen molar-refractivity contribution in [3.05, 3.63) is 35.4 Å². The van der Waals surface area contributed by atoms with E-state index in [1.165, 1.54) is 5.56 Å². The van der Waals surface area contributed by atoms with Crippen LogP contribution in [0.1, 0.15) is 57.7 Å². The van der Waals surface area contributed by atoms with Crippen LogP contribution in [0.3, 0.4) is 0 Å². The summed E-state index contributed by atoms with van der Waals surface area (Å²) in [6, 6.07) is 8.43. The van der Waals surface area contributed by atoms with E-state index in [4.69, 9.17) is 5.73 Å². The molecule has 1 rings (SSSR count). The topological polar surface area (TPSA) is 55.1 Å². The monoisotopic (exact) mass is 262 g/mol. The average Bonchev–Trinajstić information content (AvgIpc) is 2.35. The minimum absolute atomic E-state index is 0.0410. The Morgan fingerprint density at radius 1 is 1.32 bits per heavy atom. The van der Waals surface area contributed by atoms with Crippen LogP contribution in [-0.4, -0.2) is 11.4 Å². The Morgan fingerprint density at radius 2 is 1.89 bits per heavy atom. The van der Waals surface area contributed by atoms with E-state index in [9.17, 15) is 4.79 Å². The van der Waals surface area contributed by atoms with E-state index in [1.807, 2.05) is 20.8 Å². The zero-order valence-electron chi connectivity index (χ0n) is 12.5. The van der Waals surface area contributed by atoms with Gasteiger partial charge in [-0.2, -0.15) is 0 Å². The van der Waals surface area contributed by atoms with Crippen molar-refractivity contribution in [1.82, 2.24) is 5.32 Å². The van der Waals surface area contributed by atoms with Crippen molar-refractivity contribution in [2.45, 2.75) is 58.5 Å². The minimum Gasteiger partial charge on any atom is -0.350 e. The van der Waals surface area contributed by atoms with Crippen LogP contribution in [0.15, 0.2) is 24.3 Å². The molecule has 0 spiro atoms. The molecule has 1 aromatic carbocycles. The molecule has 1 atom stereocenters. The quantitative estimate of drug-likeness (QED) is 0.828. The fraction of sp³-hybridized carbons (Fsp3) is 0.562. The van der Waals surface area contributed by atoms with Gasteiger partial charge in [-0.25, -0.2) is 0 Å². The molecule has 0 heterocycles. The molecule has 0 fully saturated rings. The number of benzene rings is 1. The standard InChI is InChI=1S/C16H26N2O/c1-5-13-6-8-14(9-7-13)12(2)18-15(19)10-11-16(3,4)17/h6-9,12H,5,10-11,17H2,1-4H3,(H,18,19). The van der Waals surface area contributed by atoms with E-state index in [2.05, 4.69) is 36.5 Å². The number of rotatable bonds is 6. The molecule has 3 heteroatoms. The highest BCUT2D eigenvalue weighted by Crippen LogP contribution is 2.14. The van der Waals surface area contributed by atoms with Crippen LogP contribution in [0, 0.1) is 0 Å². The highest BCUT2D eigenvalue weighted by Gasteiger charge is 2.15. The maximum Gasteiger partial charge on any atom is 0.220 e. The molecule has 0 aliphatic rings. The second-order valence-electron chi connectivity index (χ2n) is 5.87. The Labute approximate surface area is 116 Å². The molecular weight excluding hydrogens is 236 g/mol. The van der Waals surface area contributed by atoms with Crippen molar-refractivity contribution in [3.8, 4) is 0 Å². The van der Waals surface area contributed by atoms with E-state index in [-0.39, 0.29) is 17.5 Å². The molecule has 0 saturated heterocycles. The maximum absolute atomic E-state index is 11.8. The van der Waals surface area contributed by atoms with Gasteiger partial charge in [-0.15, -0.1) is 0 Å². The first-order valence-electron chi connectivity index (χ1n) is 6.99. The van der Waals surface area contributed by atoms with Crippen molar-refractivity contribution in [2.75, 3.05) is 0 Å². The van der Waals surface area contributed by atoms with Crippen LogP contribution in [0.4, 0.5) is 0 Å². The lowest BCUT2D eigenvalue weighted by Crippen LogP contribution is -2.35. The molecule has 0 saturated carbocycles. The molecule has 0 aromatic heterocycles. The summed E-state index contributed by atoms with van der Waals surface area (Å²) < 4.78 is 0. The highest BCUT2D eigenvalue weighted by molar-refractivity contribution is 5.76. The van der Waals surface area contributed by atoms with Gasteiger partial charge in [-0.1, -0.05) is 31.2 Å². The molecule has 0 aliphatic carbocycles. The Morgan fingerprint density at radius 3 is 2.37 bits per heavy atom. The molecule has 3 nitrogen and oxygen atoms in total. The molecule has 3 N–H and O–H groups in total. The number of hydrogen-bond acceptors (Lipinski definition) is 2. The summed E-state index contributed by atoms with van der Waals surface area (Å²) >= 11 is 0. The third kappa shape index (κ3) is 5.88. The van der Waals surface area contributed by atoms with Crippen molar-refractivity contribution >= 4 is 5.91 Å². The molecule has 1 unspecified atom stereocenters. The average molecular weight is 262 g/mol. The van der Waals surface area contributed by atoms with Gasteiger partial charge in [0.15, 0.2) is 0 Å². The van der Waals surface area contributed by atoms with Crippen LogP contribution in [0.5, 0.6) is 0 Å². The van der Waals surface area contributed by atoms with Gasteiger partial charge in [0.1, 0.15) is 0 Å². The molecule has 0 bridgehead atoms. The first-order chi connectivity index (χ1) is 8.81. The molecule has 1 amide bonds. The van der Waals surface area contributed by atoms with Crippen molar-refractivity contribution in [3.63, 3.8) is 0 Å². The lowest BCUT2D eigenvalue weighted by molar-refractivity contribution is -0.122. The summed E-state index contributed by atoms with van der Waals surface area (Å²) in [5.41, 5.74) is 8.04. The third-order valence-electron chi connectivity index (χ3n) is 3.26. The summed E-state index contributed by atoms with van der Waals surface area (Å²) in [5.74, 6) is 0.0607. The fourth-order valence-electron chi connectivity index (χ4n) is 1.87. The van der Waals surface area contributed by atoms with Gasteiger partial charge in [0.2, 0.25) is 5.91 Å². The Bertz CT molecular complexity index is 404. The van der Waals surface area contributed by atoms with Crippen LogP contribution >= 0.6 is 0 Å². The third-order valence-corrected chi connectivity index (χ3v) is 3.26. The SMILES string of the molecule is CCc1ccc(C(C)NC(=O)CCC(C)(C)N)cc1. The lowest BCUT2D eigenvalue weighted by atomic mass is 9.99. The predicted molar refractivity (Wildman–Crippen MR) is 79.9 cm³/mol. The van der Waals surface area contributed by atoms with Gasteiger partial charge in [0, 0.05) is 12.0 Å². The van der Waals surface area contributed by atoms with E-state index in [0.717, 1.165) is 12.0 Å². The number of aryl methyl sites for hydroxylation is 1. The van der Waals surface area contributed by atoms with E-state index in [1.54, 1.807) is 0 Å². The zero-order valence-corrected chi connectivity index (χ0v) is 12.5. The zero-order chi connectivity index (χ0) is 14.5. The van der Waals surface area contributed by atoms with Gasteiger partial charge in [-0.3, -0.25) is 4.79 Å². The van der Waals surface area contributed by atoms with Crippen molar-refractivity contribution in [1.29, 1.82) is 0 Å². The Kier molecular flexibility index (Phi) is 5.55. The number of nitrogens with two attached hydrogens (primary N) is 1. The van der Waals surface area contributed by atoms with E-state index < -0.39 is 0 Å². The molecule has 0 radical (unpaired) electrons. The first kappa shape index (κ1) is 15.7. The summed E-state index contributed by atoms with van der Waals surface area (Å²) in [6.07, 6.45) is 2.20. The lowest BCUT2D eigenvalue weighted by Gasteiger charge is -2.19. The maximum atomic E-state index is 11.8. The van der Waals surface area contributed by atoms with E-state index in [0.29, 0.717) is 12.8 Å². The molecular formula is C16H26N2O. The van der Waals surface area contributed by atoms with Crippen LogP contribution < -0.4 is 11.1 Å². The smallest absolute Gasteiger partial charge is 0.220 e. The summed E-state index contributed by atoms with van der Waals surface area (Å²) in [6.45, 7) is 8.02. The first-order valence-corrected chi connectivity index (χ1v) is 6.99. The van der Waals surface area contributed by atoms with Gasteiger partial charge in [0.25, 0.3) is 0 Å². The molecule has 0 aliphatic heterocycles. The Hall–Kier alpha value is -1.35. The number of carbonyl (C=O) groups excluding carboxylic acids is 1. The number of nitrogens with one attached hydrogen (secondary N) is 1.